The van der Waals surface area contributed by atoms with Crippen molar-refractivity contribution in [2.45, 2.75) is 33.3 Å². The van der Waals surface area contributed by atoms with Gasteiger partial charge < -0.3 is 14.7 Å². The van der Waals surface area contributed by atoms with Gasteiger partial charge in [-0.05, 0) is 32.4 Å². The molecule has 0 bridgehead atoms. The summed E-state index contributed by atoms with van der Waals surface area (Å²) in [7, 11) is 0. The number of aliphatic hydroxyl groups is 1. The molecular weight excluding hydrogens is 260 g/mol. The first-order valence-corrected chi connectivity index (χ1v) is 6.81. The van der Waals surface area contributed by atoms with E-state index in [0.29, 0.717) is 18.8 Å². The van der Waals surface area contributed by atoms with E-state index in [4.69, 9.17) is 9.84 Å². The number of para-hydroxylation sites is 1. The van der Waals surface area contributed by atoms with E-state index in [1.807, 2.05) is 25.7 Å². The Balaban J connectivity index is 3.25. The molecule has 0 amide bonds. The van der Waals surface area contributed by atoms with Crippen LogP contribution in [0.25, 0.3) is 0 Å². The van der Waals surface area contributed by atoms with Gasteiger partial charge in [0.1, 0.15) is 5.69 Å². The Morgan fingerprint density at radius 1 is 1.40 bits per heavy atom. The molecule has 1 rings (SSSR count). The lowest BCUT2D eigenvalue weighted by Crippen LogP contribution is -2.28. The summed E-state index contributed by atoms with van der Waals surface area (Å²) in [4.78, 5) is 12.8. The molecular formula is C14H22N2O4. The average molecular weight is 282 g/mol. The minimum atomic E-state index is -0.424. The van der Waals surface area contributed by atoms with Crippen LogP contribution >= 0.6 is 0 Å². The van der Waals surface area contributed by atoms with Crippen molar-refractivity contribution in [3.63, 3.8) is 0 Å². The Hall–Kier alpha value is -1.82. The fraction of sp³-hybridized carbons (Fsp3) is 0.571. The predicted molar refractivity (Wildman–Crippen MR) is 78.5 cm³/mol. The summed E-state index contributed by atoms with van der Waals surface area (Å²) in [6, 6.07) is 5.03. The zero-order valence-electron chi connectivity index (χ0n) is 12.2. The summed E-state index contributed by atoms with van der Waals surface area (Å²) >= 11 is 0. The van der Waals surface area contributed by atoms with Crippen LogP contribution < -0.4 is 9.64 Å². The number of rotatable bonds is 8. The Labute approximate surface area is 119 Å². The fourth-order valence-electron chi connectivity index (χ4n) is 2.04. The Bertz CT molecular complexity index is 443. The first-order chi connectivity index (χ1) is 9.51. The molecule has 0 aliphatic heterocycles. The van der Waals surface area contributed by atoms with E-state index >= 15 is 0 Å². The van der Waals surface area contributed by atoms with Crippen molar-refractivity contribution in [2.24, 2.45) is 0 Å². The van der Waals surface area contributed by atoms with Crippen molar-refractivity contribution in [3.05, 3.63) is 28.3 Å². The second-order valence-electron chi connectivity index (χ2n) is 4.76. The highest BCUT2D eigenvalue weighted by Gasteiger charge is 2.25. The van der Waals surface area contributed by atoms with Gasteiger partial charge in [0.25, 0.3) is 0 Å². The van der Waals surface area contributed by atoms with Crippen LogP contribution in [0.3, 0.4) is 0 Å². The SMILES string of the molecule is CCCN(CCO)c1cccc(OC(C)C)c1[N+](=O)[O-]. The van der Waals surface area contributed by atoms with Crippen molar-refractivity contribution in [1.82, 2.24) is 0 Å². The van der Waals surface area contributed by atoms with E-state index in [0.717, 1.165) is 6.42 Å². The monoisotopic (exact) mass is 282 g/mol. The standard InChI is InChI=1S/C14H22N2O4/c1-4-8-15(9-10-17)12-6-5-7-13(20-11(2)3)14(12)16(18)19/h5-7,11,17H,4,8-10H2,1-3H3. The molecule has 6 nitrogen and oxygen atoms in total. The van der Waals surface area contributed by atoms with E-state index in [1.54, 1.807) is 18.2 Å². The van der Waals surface area contributed by atoms with E-state index in [2.05, 4.69) is 0 Å². The molecule has 0 spiro atoms. The number of nitrogens with zero attached hydrogens (tertiary/aromatic N) is 2. The molecule has 1 N–H and O–H groups in total. The predicted octanol–water partition coefficient (Wildman–Crippen LogP) is 2.59. The van der Waals surface area contributed by atoms with Gasteiger partial charge in [0, 0.05) is 13.1 Å². The summed E-state index contributed by atoms with van der Waals surface area (Å²) in [5, 5.41) is 20.5. The van der Waals surface area contributed by atoms with Crippen LogP contribution in [0.2, 0.25) is 0 Å². The molecule has 0 saturated carbocycles. The van der Waals surface area contributed by atoms with Gasteiger partial charge in [0.15, 0.2) is 5.75 Å². The van der Waals surface area contributed by atoms with E-state index in [1.165, 1.54) is 0 Å². The lowest BCUT2D eigenvalue weighted by atomic mass is 10.2. The van der Waals surface area contributed by atoms with Crippen molar-refractivity contribution >= 4 is 11.4 Å². The molecule has 0 heterocycles. The number of nitro benzene ring substituents is 1. The average Bonchev–Trinajstić information content (AvgIpc) is 2.37. The van der Waals surface area contributed by atoms with Crippen molar-refractivity contribution in [1.29, 1.82) is 0 Å². The third-order valence-corrected chi connectivity index (χ3v) is 2.73. The summed E-state index contributed by atoms with van der Waals surface area (Å²) in [6.45, 7) is 6.60. The third-order valence-electron chi connectivity index (χ3n) is 2.73. The normalized spacial score (nSPS) is 10.7. The van der Waals surface area contributed by atoms with Gasteiger partial charge in [-0.15, -0.1) is 0 Å². The zero-order valence-corrected chi connectivity index (χ0v) is 12.2. The molecule has 0 aliphatic rings. The zero-order chi connectivity index (χ0) is 15.1. The third kappa shape index (κ3) is 4.09. The van der Waals surface area contributed by atoms with Crippen molar-refractivity contribution < 1.29 is 14.8 Å². The van der Waals surface area contributed by atoms with Crippen LogP contribution in [0, 0.1) is 10.1 Å². The molecule has 112 valence electrons. The quantitative estimate of drug-likeness (QED) is 0.586. The molecule has 0 aliphatic carbocycles. The maximum atomic E-state index is 11.4. The Kier molecular flexibility index (Phi) is 6.24. The number of benzene rings is 1. The van der Waals surface area contributed by atoms with Crippen LogP contribution in [-0.4, -0.2) is 35.8 Å². The van der Waals surface area contributed by atoms with E-state index < -0.39 is 4.92 Å². The minimum absolute atomic E-state index is 0.0388. The minimum Gasteiger partial charge on any atom is -0.484 e. The van der Waals surface area contributed by atoms with Crippen molar-refractivity contribution in [2.75, 3.05) is 24.6 Å². The lowest BCUT2D eigenvalue weighted by molar-refractivity contribution is -0.385. The number of nitro groups is 1. The molecule has 0 atom stereocenters. The molecule has 20 heavy (non-hydrogen) atoms. The molecule has 0 saturated heterocycles. The lowest BCUT2D eigenvalue weighted by Gasteiger charge is -2.24. The molecule has 6 heteroatoms. The first kappa shape index (κ1) is 16.2. The van der Waals surface area contributed by atoms with Crippen LogP contribution in [0.4, 0.5) is 11.4 Å². The van der Waals surface area contributed by atoms with E-state index in [-0.39, 0.29) is 24.1 Å². The first-order valence-electron chi connectivity index (χ1n) is 6.81. The highest BCUT2D eigenvalue weighted by Crippen LogP contribution is 2.37. The highest BCUT2D eigenvalue weighted by atomic mass is 16.6. The molecule has 0 fully saturated rings. The largest absolute Gasteiger partial charge is 0.484 e. The van der Waals surface area contributed by atoms with E-state index in [9.17, 15) is 10.1 Å². The molecule has 0 aromatic heterocycles. The van der Waals surface area contributed by atoms with Gasteiger partial charge in [-0.25, -0.2) is 0 Å². The summed E-state index contributed by atoms with van der Waals surface area (Å²) in [5.41, 5.74) is 0.451. The van der Waals surface area contributed by atoms with Crippen LogP contribution in [0.5, 0.6) is 5.75 Å². The number of anilines is 1. The maximum Gasteiger partial charge on any atom is 0.333 e. The second kappa shape index (κ2) is 7.69. The van der Waals surface area contributed by atoms with Crippen molar-refractivity contribution in [3.8, 4) is 5.75 Å². The summed E-state index contributed by atoms with van der Waals surface area (Å²) in [6.07, 6.45) is 0.702. The smallest absolute Gasteiger partial charge is 0.333 e. The van der Waals surface area contributed by atoms with Gasteiger partial charge in [-0.2, -0.15) is 0 Å². The van der Waals surface area contributed by atoms with Gasteiger partial charge >= 0.3 is 5.69 Å². The Morgan fingerprint density at radius 2 is 2.10 bits per heavy atom. The fourth-order valence-corrected chi connectivity index (χ4v) is 2.04. The number of aliphatic hydroxyl groups excluding tert-OH is 1. The molecule has 0 unspecified atom stereocenters. The number of ether oxygens (including phenoxy) is 1. The summed E-state index contributed by atoms with van der Waals surface area (Å²) < 4.78 is 5.52. The molecule has 1 aromatic carbocycles. The topological polar surface area (TPSA) is 75.8 Å². The Morgan fingerprint density at radius 3 is 2.60 bits per heavy atom. The highest BCUT2D eigenvalue weighted by molar-refractivity contribution is 5.69. The molecule has 0 radical (unpaired) electrons. The number of hydrogen-bond donors (Lipinski definition) is 1. The maximum absolute atomic E-state index is 11.4. The summed E-state index contributed by atoms with van der Waals surface area (Å²) in [5.74, 6) is 0.265. The van der Waals surface area contributed by atoms with Gasteiger partial charge in [0.05, 0.1) is 17.6 Å². The van der Waals surface area contributed by atoms with Gasteiger partial charge in [0.2, 0.25) is 0 Å². The van der Waals surface area contributed by atoms with Crippen LogP contribution in [0.1, 0.15) is 27.2 Å². The van der Waals surface area contributed by atoms with Crippen LogP contribution in [0.15, 0.2) is 18.2 Å². The van der Waals surface area contributed by atoms with Gasteiger partial charge in [-0.3, -0.25) is 10.1 Å². The van der Waals surface area contributed by atoms with Crippen LogP contribution in [-0.2, 0) is 0 Å². The van der Waals surface area contributed by atoms with Gasteiger partial charge in [-0.1, -0.05) is 13.0 Å². The molecule has 1 aromatic rings. The number of hydrogen-bond acceptors (Lipinski definition) is 5. The second-order valence-corrected chi connectivity index (χ2v) is 4.76.